The number of furan rings is 1. The molecule has 3 N–H and O–H groups in total. The second-order valence-electron chi connectivity index (χ2n) is 4.33. The molecule has 106 valence electrons. The van der Waals surface area contributed by atoms with Gasteiger partial charge in [-0.25, -0.2) is 9.18 Å². The number of aliphatic hydroxyl groups is 1. The van der Waals surface area contributed by atoms with Crippen molar-refractivity contribution in [1.82, 2.24) is 5.32 Å². The van der Waals surface area contributed by atoms with E-state index in [0.717, 1.165) is 5.56 Å². The molecule has 0 bridgehead atoms. The van der Waals surface area contributed by atoms with Gasteiger partial charge in [0.05, 0.1) is 12.8 Å². The van der Waals surface area contributed by atoms with Gasteiger partial charge < -0.3 is 20.2 Å². The average molecular weight is 278 g/mol. The van der Waals surface area contributed by atoms with Gasteiger partial charge in [0, 0.05) is 5.69 Å². The Kier molecular flexibility index (Phi) is 4.37. The quantitative estimate of drug-likeness (QED) is 0.804. The molecule has 0 saturated carbocycles. The van der Waals surface area contributed by atoms with Crippen molar-refractivity contribution in [3.63, 3.8) is 0 Å². The van der Waals surface area contributed by atoms with E-state index in [-0.39, 0.29) is 6.54 Å². The summed E-state index contributed by atoms with van der Waals surface area (Å²) in [6.07, 6.45) is 0.513. The molecule has 2 aromatic rings. The molecule has 6 heteroatoms. The summed E-state index contributed by atoms with van der Waals surface area (Å²) in [7, 11) is 0. The minimum absolute atomic E-state index is 0.00624. The molecule has 2 amide bonds. The number of nitrogens with one attached hydrogen (secondary N) is 2. The minimum Gasteiger partial charge on any atom is -0.467 e. The number of hydrogen-bond donors (Lipinski definition) is 3. The monoisotopic (exact) mass is 278 g/mol. The lowest BCUT2D eigenvalue weighted by Crippen LogP contribution is -2.32. The molecule has 5 nitrogen and oxygen atoms in total. The number of aryl methyl sites for hydroxylation is 1. The molecule has 0 radical (unpaired) electrons. The van der Waals surface area contributed by atoms with Crippen molar-refractivity contribution in [2.45, 2.75) is 13.0 Å². The van der Waals surface area contributed by atoms with E-state index in [1.54, 1.807) is 25.1 Å². The zero-order valence-corrected chi connectivity index (χ0v) is 10.9. The third-order valence-electron chi connectivity index (χ3n) is 2.78. The number of amides is 2. The van der Waals surface area contributed by atoms with Gasteiger partial charge in [0.1, 0.15) is 17.7 Å². The summed E-state index contributed by atoms with van der Waals surface area (Å²) in [4.78, 5) is 11.7. The van der Waals surface area contributed by atoms with Gasteiger partial charge in [-0.3, -0.25) is 0 Å². The smallest absolute Gasteiger partial charge is 0.319 e. The first kappa shape index (κ1) is 14.1. The summed E-state index contributed by atoms with van der Waals surface area (Å²) < 4.78 is 18.1. The van der Waals surface area contributed by atoms with Crippen LogP contribution in [0.2, 0.25) is 0 Å². The number of urea groups is 1. The molecule has 20 heavy (non-hydrogen) atoms. The molecule has 0 spiro atoms. The molecule has 2 rings (SSSR count). The van der Waals surface area contributed by atoms with Crippen LogP contribution in [0.25, 0.3) is 0 Å². The Morgan fingerprint density at radius 3 is 2.95 bits per heavy atom. The largest absolute Gasteiger partial charge is 0.467 e. The second-order valence-corrected chi connectivity index (χ2v) is 4.33. The SMILES string of the molecule is Cc1ccc(F)cc1NC(=O)NCC(O)c1ccco1. The Morgan fingerprint density at radius 2 is 2.25 bits per heavy atom. The molecule has 0 fully saturated rings. The van der Waals surface area contributed by atoms with E-state index < -0.39 is 18.0 Å². The maximum absolute atomic E-state index is 13.1. The zero-order valence-electron chi connectivity index (χ0n) is 10.9. The molecular formula is C14H15FN2O3. The Balaban J connectivity index is 1.88. The zero-order chi connectivity index (χ0) is 14.5. The van der Waals surface area contributed by atoms with Crippen LogP contribution in [0.4, 0.5) is 14.9 Å². The molecule has 1 aromatic carbocycles. The van der Waals surface area contributed by atoms with Gasteiger partial charge in [0.25, 0.3) is 0 Å². The van der Waals surface area contributed by atoms with Crippen LogP contribution < -0.4 is 10.6 Å². The van der Waals surface area contributed by atoms with Crippen molar-refractivity contribution in [3.05, 3.63) is 53.7 Å². The first-order valence-corrected chi connectivity index (χ1v) is 6.08. The van der Waals surface area contributed by atoms with E-state index in [9.17, 15) is 14.3 Å². The fraction of sp³-hybridized carbons (Fsp3) is 0.214. The molecule has 0 saturated heterocycles. The minimum atomic E-state index is -0.927. The number of carbonyl (C=O) groups is 1. The topological polar surface area (TPSA) is 74.5 Å². The highest BCUT2D eigenvalue weighted by Crippen LogP contribution is 2.16. The maximum Gasteiger partial charge on any atom is 0.319 e. The van der Waals surface area contributed by atoms with Gasteiger partial charge in [-0.05, 0) is 36.8 Å². The number of rotatable bonds is 4. The molecule has 0 aliphatic carbocycles. The number of anilines is 1. The normalized spacial score (nSPS) is 11.9. The first-order valence-electron chi connectivity index (χ1n) is 6.08. The molecule has 1 atom stereocenters. The lowest BCUT2D eigenvalue weighted by atomic mass is 10.2. The number of hydrogen-bond acceptors (Lipinski definition) is 3. The van der Waals surface area contributed by atoms with E-state index in [1.807, 2.05) is 0 Å². The highest BCUT2D eigenvalue weighted by atomic mass is 19.1. The van der Waals surface area contributed by atoms with Gasteiger partial charge in [-0.1, -0.05) is 6.07 Å². The van der Waals surface area contributed by atoms with Crippen LogP contribution in [0.1, 0.15) is 17.4 Å². The van der Waals surface area contributed by atoms with E-state index in [4.69, 9.17) is 4.42 Å². The third-order valence-corrected chi connectivity index (χ3v) is 2.78. The van der Waals surface area contributed by atoms with Gasteiger partial charge in [0.15, 0.2) is 0 Å². The summed E-state index contributed by atoms with van der Waals surface area (Å²) >= 11 is 0. The summed E-state index contributed by atoms with van der Waals surface area (Å²) in [5.74, 6) is -0.0613. The van der Waals surface area contributed by atoms with Gasteiger partial charge in [0.2, 0.25) is 0 Å². The lowest BCUT2D eigenvalue weighted by molar-refractivity contribution is 0.149. The van der Waals surface area contributed by atoms with Crippen molar-refractivity contribution in [3.8, 4) is 0 Å². The van der Waals surface area contributed by atoms with E-state index in [2.05, 4.69) is 10.6 Å². The van der Waals surface area contributed by atoms with E-state index >= 15 is 0 Å². The first-order chi connectivity index (χ1) is 9.56. The standard InChI is InChI=1S/C14H15FN2O3/c1-9-4-5-10(15)7-11(9)17-14(19)16-8-12(18)13-3-2-6-20-13/h2-7,12,18H,8H2,1H3,(H2,16,17,19). The van der Waals surface area contributed by atoms with Crippen molar-refractivity contribution in [2.24, 2.45) is 0 Å². The Morgan fingerprint density at radius 1 is 1.45 bits per heavy atom. The van der Waals surface area contributed by atoms with Crippen molar-refractivity contribution in [1.29, 1.82) is 0 Å². The van der Waals surface area contributed by atoms with Crippen LogP contribution in [0.15, 0.2) is 41.0 Å². The predicted octanol–water partition coefficient (Wildman–Crippen LogP) is 2.58. The van der Waals surface area contributed by atoms with Crippen LogP contribution in [0.3, 0.4) is 0 Å². The number of benzene rings is 1. The number of carbonyl (C=O) groups excluding carboxylic acids is 1. The fourth-order valence-corrected chi connectivity index (χ4v) is 1.67. The highest BCUT2D eigenvalue weighted by Gasteiger charge is 2.12. The van der Waals surface area contributed by atoms with Crippen molar-refractivity contribution in [2.75, 3.05) is 11.9 Å². The van der Waals surface area contributed by atoms with Crippen LogP contribution in [0.5, 0.6) is 0 Å². The number of halogens is 1. The summed E-state index contributed by atoms with van der Waals surface area (Å²) in [6.45, 7) is 1.75. The van der Waals surface area contributed by atoms with E-state index in [1.165, 1.54) is 18.4 Å². The molecule has 0 aliphatic heterocycles. The van der Waals surface area contributed by atoms with Crippen LogP contribution in [-0.2, 0) is 0 Å². The summed E-state index contributed by atoms with van der Waals surface area (Å²) in [5, 5.41) is 14.7. The predicted molar refractivity (Wildman–Crippen MR) is 71.8 cm³/mol. The number of aliphatic hydroxyl groups excluding tert-OH is 1. The van der Waals surface area contributed by atoms with Gasteiger partial charge in [-0.15, -0.1) is 0 Å². The maximum atomic E-state index is 13.1. The Hall–Kier alpha value is -2.34. The Bertz CT molecular complexity index is 584. The second kappa shape index (κ2) is 6.21. The molecule has 1 aromatic heterocycles. The summed E-state index contributed by atoms with van der Waals surface area (Å²) in [5.41, 5.74) is 1.13. The summed E-state index contributed by atoms with van der Waals surface area (Å²) in [6, 6.07) is 6.86. The molecular weight excluding hydrogens is 263 g/mol. The average Bonchev–Trinajstić information content (AvgIpc) is 2.94. The highest BCUT2D eigenvalue weighted by molar-refractivity contribution is 5.90. The van der Waals surface area contributed by atoms with Gasteiger partial charge >= 0.3 is 6.03 Å². The Labute approximate surface area is 115 Å². The van der Waals surface area contributed by atoms with Crippen LogP contribution in [-0.4, -0.2) is 17.7 Å². The fourth-order valence-electron chi connectivity index (χ4n) is 1.67. The molecule has 1 heterocycles. The lowest BCUT2D eigenvalue weighted by Gasteiger charge is -2.12. The van der Waals surface area contributed by atoms with Crippen LogP contribution >= 0.6 is 0 Å². The van der Waals surface area contributed by atoms with Crippen molar-refractivity contribution >= 4 is 11.7 Å². The van der Waals surface area contributed by atoms with Crippen LogP contribution in [0, 0.1) is 12.7 Å². The van der Waals surface area contributed by atoms with E-state index in [0.29, 0.717) is 11.4 Å². The molecule has 0 aliphatic rings. The third kappa shape index (κ3) is 3.58. The van der Waals surface area contributed by atoms with Crippen molar-refractivity contribution < 1.29 is 18.7 Å². The van der Waals surface area contributed by atoms with Gasteiger partial charge in [-0.2, -0.15) is 0 Å². The molecule has 1 unspecified atom stereocenters.